The molecule has 1 atom stereocenters. The van der Waals surface area contributed by atoms with Crippen LogP contribution < -0.4 is 15.4 Å². The maximum atomic E-state index is 14.0. The molecule has 1 aromatic carbocycles. The number of benzene rings is 1. The van der Waals surface area contributed by atoms with Crippen molar-refractivity contribution in [3.63, 3.8) is 0 Å². The van der Waals surface area contributed by atoms with Gasteiger partial charge in [-0.05, 0) is 19.3 Å². The van der Waals surface area contributed by atoms with Gasteiger partial charge in [-0.3, -0.25) is 4.79 Å². The summed E-state index contributed by atoms with van der Waals surface area (Å²) in [6.45, 7) is 9.42. The van der Waals surface area contributed by atoms with Crippen LogP contribution in [0.5, 0.6) is 5.75 Å². The number of hydrogen-bond donors (Lipinski definition) is 2. The predicted molar refractivity (Wildman–Crippen MR) is 179 cm³/mol. The van der Waals surface area contributed by atoms with E-state index < -0.39 is 52.9 Å². The number of methoxy groups -OCH3 is 1. The molecular formula is C34H51F5N2O13. The molecule has 0 bridgehead atoms. The molecule has 0 aliphatic rings. The van der Waals surface area contributed by atoms with Crippen molar-refractivity contribution in [1.82, 2.24) is 10.6 Å². The Bertz CT molecular complexity index is 1190. The number of carbonyl (C=O) groups is 3. The van der Waals surface area contributed by atoms with Gasteiger partial charge < -0.3 is 58.0 Å². The van der Waals surface area contributed by atoms with E-state index in [0.717, 1.165) is 0 Å². The zero-order chi connectivity index (χ0) is 39.8. The van der Waals surface area contributed by atoms with Crippen molar-refractivity contribution in [2.24, 2.45) is 0 Å². The van der Waals surface area contributed by atoms with Gasteiger partial charge >= 0.3 is 12.1 Å². The highest BCUT2D eigenvalue weighted by Crippen LogP contribution is 2.29. The Balaban J connectivity index is 2.10. The molecule has 0 radical (unpaired) electrons. The first-order valence-electron chi connectivity index (χ1n) is 17.2. The summed E-state index contributed by atoms with van der Waals surface area (Å²) in [5.74, 6) is -15.4. The summed E-state index contributed by atoms with van der Waals surface area (Å²) in [7, 11) is 1.61. The van der Waals surface area contributed by atoms with Gasteiger partial charge in [0.15, 0.2) is 0 Å². The number of ether oxygens (including phenoxy) is 10. The number of carbonyl (C=O) groups excluding carboxylic acids is 3. The lowest BCUT2D eigenvalue weighted by Gasteiger charge is -2.18. The third kappa shape index (κ3) is 22.7. The fourth-order valence-corrected chi connectivity index (χ4v) is 3.93. The van der Waals surface area contributed by atoms with E-state index in [1.807, 2.05) is 0 Å². The molecule has 2 N–H and O–H groups in total. The maximum Gasteiger partial charge on any atom is 0.408 e. The van der Waals surface area contributed by atoms with Gasteiger partial charge in [-0.2, -0.15) is 8.78 Å². The fourth-order valence-electron chi connectivity index (χ4n) is 3.93. The zero-order valence-corrected chi connectivity index (χ0v) is 30.4. The standard InChI is InChI=1S/C34H51F5N2O13/c1-3-9-53-34(44)41-25(33(43)54-32-30(38)28(36)27(35)29(37)31(32)39)6-4-5-8-40-26(42)7-10-46-13-14-48-17-18-50-21-22-52-24-23-51-20-19-49-16-15-47-12-11-45-2/h3,25H,1,4-24H2,2H3,(H,40,42)(H,41,44)/t25-/m0/s1. The zero-order valence-electron chi connectivity index (χ0n) is 30.4. The number of nitrogens with one attached hydrogen (secondary N) is 2. The lowest BCUT2D eigenvalue weighted by atomic mass is 10.1. The maximum absolute atomic E-state index is 14.0. The highest BCUT2D eigenvalue weighted by Gasteiger charge is 2.31. The van der Waals surface area contributed by atoms with Crippen molar-refractivity contribution in [2.45, 2.75) is 31.7 Å². The van der Waals surface area contributed by atoms with Crippen LogP contribution in [0.4, 0.5) is 26.7 Å². The number of esters is 1. The third-order valence-corrected chi connectivity index (χ3v) is 6.66. The summed E-state index contributed by atoms with van der Waals surface area (Å²) in [6, 6.07) is -1.60. The molecule has 0 aliphatic carbocycles. The molecule has 310 valence electrons. The monoisotopic (exact) mass is 790 g/mol. The predicted octanol–water partition coefficient (Wildman–Crippen LogP) is 3.01. The SMILES string of the molecule is C=CCOC(=O)N[C@@H](CCCCNC(=O)CCOCCOCCOCCOCCOCCOCCOCCOC)C(=O)Oc1c(F)c(F)c(F)c(F)c1F. The van der Waals surface area contributed by atoms with Gasteiger partial charge in [-0.15, -0.1) is 0 Å². The van der Waals surface area contributed by atoms with Crippen LogP contribution >= 0.6 is 0 Å². The summed E-state index contributed by atoms with van der Waals surface area (Å²) in [4.78, 5) is 36.6. The first-order valence-corrected chi connectivity index (χ1v) is 17.2. The quantitative estimate of drug-likeness (QED) is 0.0199. The number of unbranched alkanes of at least 4 members (excludes halogenated alkanes) is 1. The lowest BCUT2D eigenvalue weighted by Crippen LogP contribution is -2.43. The van der Waals surface area contributed by atoms with Crippen LogP contribution in [0.15, 0.2) is 12.7 Å². The van der Waals surface area contributed by atoms with Gasteiger partial charge in [0, 0.05) is 20.1 Å². The summed E-state index contributed by atoms with van der Waals surface area (Å²) in [5.41, 5.74) is 0. The Kier molecular flexibility index (Phi) is 28.6. The highest BCUT2D eigenvalue weighted by atomic mass is 19.2. The minimum absolute atomic E-state index is 0.0562. The van der Waals surface area contributed by atoms with Gasteiger partial charge in [-0.1, -0.05) is 12.7 Å². The number of hydrogen-bond acceptors (Lipinski definition) is 13. The smallest absolute Gasteiger partial charge is 0.408 e. The number of halogens is 5. The van der Waals surface area contributed by atoms with Crippen LogP contribution in [0, 0.1) is 29.1 Å². The Morgan fingerprint density at radius 1 is 0.630 bits per heavy atom. The van der Waals surface area contributed by atoms with Crippen molar-refractivity contribution in [3.05, 3.63) is 41.7 Å². The average molecular weight is 791 g/mol. The van der Waals surface area contributed by atoms with Gasteiger partial charge in [-0.25, -0.2) is 22.8 Å². The molecule has 0 aromatic heterocycles. The van der Waals surface area contributed by atoms with Crippen molar-refractivity contribution in [1.29, 1.82) is 0 Å². The first kappa shape index (κ1) is 48.5. The molecule has 1 rings (SSSR count). The molecule has 0 spiro atoms. The molecule has 15 nitrogen and oxygen atoms in total. The van der Waals surface area contributed by atoms with Gasteiger partial charge in [0.25, 0.3) is 0 Å². The summed E-state index contributed by atoms with van der Waals surface area (Å²) >= 11 is 0. The lowest BCUT2D eigenvalue weighted by molar-refractivity contribution is -0.137. The van der Waals surface area contributed by atoms with Crippen molar-refractivity contribution < 1.29 is 83.7 Å². The second-order valence-corrected chi connectivity index (χ2v) is 10.8. The molecule has 1 aromatic rings. The summed E-state index contributed by atoms with van der Waals surface area (Å²) in [5, 5.41) is 4.74. The van der Waals surface area contributed by atoms with Crippen LogP contribution in [0.25, 0.3) is 0 Å². The van der Waals surface area contributed by atoms with E-state index in [-0.39, 0.29) is 58.0 Å². The highest BCUT2D eigenvalue weighted by molar-refractivity contribution is 5.83. The number of rotatable bonds is 34. The molecule has 2 amide bonds. The van der Waals surface area contributed by atoms with E-state index >= 15 is 0 Å². The average Bonchev–Trinajstić information content (AvgIpc) is 3.16. The second-order valence-electron chi connectivity index (χ2n) is 10.8. The molecule has 54 heavy (non-hydrogen) atoms. The molecule has 0 saturated heterocycles. The number of amides is 2. The Labute approximate surface area is 311 Å². The second kappa shape index (κ2) is 31.8. The Morgan fingerprint density at radius 2 is 1.06 bits per heavy atom. The van der Waals surface area contributed by atoms with Crippen LogP contribution in [-0.2, 0) is 52.2 Å². The molecular weight excluding hydrogens is 739 g/mol. The van der Waals surface area contributed by atoms with E-state index in [4.69, 9.17) is 42.6 Å². The van der Waals surface area contributed by atoms with Gasteiger partial charge in [0.05, 0.1) is 99.1 Å². The van der Waals surface area contributed by atoms with Crippen molar-refractivity contribution >= 4 is 18.0 Å². The summed E-state index contributed by atoms with van der Waals surface area (Å²) < 4.78 is 120. The molecule has 0 heterocycles. The third-order valence-electron chi connectivity index (χ3n) is 6.66. The minimum Gasteiger partial charge on any atom is -0.445 e. The van der Waals surface area contributed by atoms with Crippen molar-refractivity contribution in [3.8, 4) is 5.75 Å². The molecule has 0 fully saturated rings. The van der Waals surface area contributed by atoms with E-state index in [0.29, 0.717) is 85.9 Å². The molecule has 0 saturated carbocycles. The van der Waals surface area contributed by atoms with E-state index in [9.17, 15) is 36.3 Å². The van der Waals surface area contributed by atoms with E-state index in [1.54, 1.807) is 7.11 Å². The Morgan fingerprint density at radius 3 is 1.50 bits per heavy atom. The van der Waals surface area contributed by atoms with Crippen molar-refractivity contribution in [2.75, 3.05) is 119 Å². The summed E-state index contributed by atoms with van der Waals surface area (Å²) in [6.07, 6.45) is 0.390. The van der Waals surface area contributed by atoms with Crippen LogP contribution in [0.1, 0.15) is 25.7 Å². The van der Waals surface area contributed by atoms with Gasteiger partial charge in [0.1, 0.15) is 12.6 Å². The van der Waals surface area contributed by atoms with Crippen LogP contribution in [0.3, 0.4) is 0 Å². The largest absolute Gasteiger partial charge is 0.445 e. The molecule has 0 aliphatic heterocycles. The topological polar surface area (TPSA) is 168 Å². The van der Waals surface area contributed by atoms with Crippen LogP contribution in [0.2, 0.25) is 0 Å². The first-order chi connectivity index (χ1) is 26.1. The fraction of sp³-hybridized carbons (Fsp3) is 0.676. The number of alkyl carbamates (subject to hydrolysis) is 1. The normalized spacial score (nSPS) is 11.7. The van der Waals surface area contributed by atoms with E-state index in [2.05, 4.69) is 21.9 Å². The van der Waals surface area contributed by atoms with Gasteiger partial charge in [0.2, 0.25) is 40.7 Å². The molecule has 20 heteroatoms. The minimum atomic E-state index is -2.43. The Hall–Kier alpha value is -3.50. The van der Waals surface area contributed by atoms with Crippen LogP contribution in [-0.4, -0.2) is 143 Å². The van der Waals surface area contributed by atoms with E-state index in [1.165, 1.54) is 6.08 Å². The molecule has 0 unspecified atom stereocenters.